The van der Waals surface area contributed by atoms with E-state index in [1.807, 2.05) is 22.9 Å². The predicted molar refractivity (Wildman–Crippen MR) is 88.9 cm³/mol. The summed E-state index contributed by atoms with van der Waals surface area (Å²) in [6.07, 6.45) is 3.33. The van der Waals surface area contributed by atoms with Crippen molar-refractivity contribution in [3.8, 4) is 5.75 Å². The zero-order valence-electron chi connectivity index (χ0n) is 14.5. The van der Waals surface area contributed by atoms with Gasteiger partial charge in [0.05, 0.1) is 13.7 Å². The Bertz CT molecular complexity index is 540. The van der Waals surface area contributed by atoms with E-state index in [4.69, 9.17) is 4.74 Å². The minimum atomic E-state index is -0.372. The minimum absolute atomic E-state index is 0.154. The number of carbonyl (C=O) groups excluding carboxylic acids is 1. The van der Waals surface area contributed by atoms with Gasteiger partial charge in [-0.2, -0.15) is 0 Å². The van der Waals surface area contributed by atoms with Gasteiger partial charge in [-0.1, -0.05) is 6.07 Å². The summed E-state index contributed by atoms with van der Waals surface area (Å²) in [6, 6.07) is 5.52. The number of likely N-dealkylation sites (N-methyl/N-ethyl adjacent to an activating group) is 1. The van der Waals surface area contributed by atoms with E-state index >= 15 is 0 Å². The molecule has 128 valence electrons. The highest BCUT2D eigenvalue weighted by atomic mass is 19.1. The van der Waals surface area contributed by atoms with Crippen molar-refractivity contribution >= 4 is 5.91 Å². The Morgan fingerprint density at radius 3 is 2.57 bits per heavy atom. The summed E-state index contributed by atoms with van der Waals surface area (Å²) in [4.78, 5) is 16.5. The molecule has 4 nitrogen and oxygen atoms in total. The van der Waals surface area contributed by atoms with Crippen molar-refractivity contribution in [3.05, 3.63) is 29.6 Å². The molecule has 23 heavy (non-hydrogen) atoms. The second-order valence-electron chi connectivity index (χ2n) is 6.57. The number of carbonyl (C=O) groups is 1. The molecule has 0 N–H and O–H groups in total. The summed E-state index contributed by atoms with van der Waals surface area (Å²) in [6.45, 7) is 5.12. The van der Waals surface area contributed by atoms with Crippen LogP contribution in [0.15, 0.2) is 18.2 Å². The summed E-state index contributed by atoms with van der Waals surface area (Å²) in [5.74, 6) is 0.0210. The second-order valence-corrected chi connectivity index (χ2v) is 6.57. The maximum Gasteiger partial charge on any atom is 0.237 e. The number of likely N-dealkylation sites (tertiary alicyclic amines) is 1. The van der Waals surface area contributed by atoms with E-state index in [2.05, 4.69) is 13.8 Å². The van der Waals surface area contributed by atoms with Crippen LogP contribution in [0.5, 0.6) is 5.75 Å². The lowest BCUT2D eigenvalue weighted by Gasteiger charge is -2.39. The molecule has 0 aromatic heterocycles. The number of hydrogen-bond acceptors (Lipinski definition) is 3. The van der Waals surface area contributed by atoms with Gasteiger partial charge >= 0.3 is 0 Å². The van der Waals surface area contributed by atoms with Crippen LogP contribution in [-0.2, 0) is 11.3 Å². The second kappa shape index (κ2) is 7.77. The zero-order valence-corrected chi connectivity index (χ0v) is 14.5. The van der Waals surface area contributed by atoms with Crippen molar-refractivity contribution in [1.29, 1.82) is 0 Å². The van der Waals surface area contributed by atoms with E-state index in [0.717, 1.165) is 18.4 Å². The Morgan fingerprint density at radius 1 is 1.35 bits per heavy atom. The van der Waals surface area contributed by atoms with E-state index in [0.29, 0.717) is 25.2 Å². The molecular weight excluding hydrogens is 295 g/mol. The third kappa shape index (κ3) is 4.44. The maximum absolute atomic E-state index is 13.7. The van der Waals surface area contributed by atoms with Gasteiger partial charge in [0.25, 0.3) is 0 Å². The molecule has 0 radical (unpaired) electrons. The number of halogens is 1. The lowest BCUT2D eigenvalue weighted by atomic mass is 9.97. The van der Waals surface area contributed by atoms with E-state index in [9.17, 15) is 9.18 Å². The Labute approximate surface area is 138 Å². The van der Waals surface area contributed by atoms with E-state index in [1.165, 1.54) is 19.6 Å². The summed E-state index contributed by atoms with van der Waals surface area (Å²) in [5.41, 5.74) is 0.832. The number of amides is 1. The first-order chi connectivity index (χ1) is 10.9. The number of rotatable bonds is 5. The van der Waals surface area contributed by atoms with Crippen LogP contribution in [0.1, 0.15) is 38.7 Å². The molecule has 5 heteroatoms. The highest BCUT2D eigenvalue weighted by molar-refractivity contribution is 5.79. The molecule has 0 saturated carbocycles. The Balaban J connectivity index is 1.94. The summed E-state index contributed by atoms with van der Waals surface area (Å²) in [5, 5.41) is 0. The Hall–Kier alpha value is -1.62. The van der Waals surface area contributed by atoms with Gasteiger partial charge in [0.2, 0.25) is 5.91 Å². The number of piperidine rings is 1. The molecule has 1 aliphatic heterocycles. The lowest BCUT2D eigenvalue weighted by molar-refractivity contribution is -0.138. The van der Waals surface area contributed by atoms with E-state index < -0.39 is 0 Å². The monoisotopic (exact) mass is 322 g/mol. The average Bonchev–Trinajstić information content (AvgIpc) is 2.47. The van der Waals surface area contributed by atoms with Crippen molar-refractivity contribution in [2.24, 2.45) is 0 Å². The Morgan fingerprint density at radius 2 is 2.00 bits per heavy atom. The predicted octanol–water partition coefficient (Wildman–Crippen LogP) is 3.06. The van der Waals surface area contributed by atoms with Crippen molar-refractivity contribution < 1.29 is 13.9 Å². The van der Waals surface area contributed by atoms with Crippen molar-refractivity contribution in [2.75, 3.05) is 20.7 Å². The van der Waals surface area contributed by atoms with Crippen LogP contribution in [0.2, 0.25) is 0 Å². The molecule has 2 rings (SSSR count). The molecule has 1 amide bonds. The van der Waals surface area contributed by atoms with Crippen molar-refractivity contribution in [2.45, 2.75) is 51.7 Å². The number of hydrogen-bond donors (Lipinski definition) is 0. The first-order valence-corrected chi connectivity index (χ1v) is 8.24. The van der Waals surface area contributed by atoms with Gasteiger partial charge in [0.1, 0.15) is 0 Å². The molecule has 1 heterocycles. The Kier molecular flexibility index (Phi) is 5.99. The quantitative estimate of drug-likeness (QED) is 0.835. The molecule has 0 bridgehead atoms. The molecule has 1 aromatic rings. The number of benzene rings is 1. The fourth-order valence-electron chi connectivity index (χ4n) is 3.40. The highest BCUT2D eigenvalue weighted by Crippen LogP contribution is 2.23. The zero-order chi connectivity index (χ0) is 17.0. The van der Waals surface area contributed by atoms with Crippen LogP contribution in [0.3, 0.4) is 0 Å². The van der Waals surface area contributed by atoms with Crippen molar-refractivity contribution in [1.82, 2.24) is 9.80 Å². The summed E-state index contributed by atoms with van der Waals surface area (Å²) in [7, 11) is 3.34. The minimum Gasteiger partial charge on any atom is -0.494 e. The van der Waals surface area contributed by atoms with Gasteiger partial charge in [-0.15, -0.1) is 0 Å². The molecular formula is C18H27FN2O2. The first kappa shape index (κ1) is 17.7. The van der Waals surface area contributed by atoms with Crippen LogP contribution in [0.4, 0.5) is 4.39 Å². The van der Waals surface area contributed by atoms with Crippen LogP contribution in [0, 0.1) is 5.82 Å². The third-order valence-corrected chi connectivity index (χ3v) is 4.56. The molecule has 2 atom stereocenters. The third-order valence-electron chi connectivity index (χ3n) is 4.56. The molecule has 1 aliphatic rings. The highest BCUT2D eigenvalue weighted by Gasteiger charge is 2.29. The van der Waals surface area contributed by atoms with Crippen LogP contribution in [-0.4, -0.2) is 48.5 Å². The van der Waals surface area contributed by atoms with E-state index in [1.54, 1.807) is 6.07 Å². The molecule has 1 aromatic carbocycles. The van der Waals surface area contributed by atoms with Crippen LogP contribution in [0.25, 0.3) is 0 Å². The molecule has 1 fully saturated rings. The van der Waals surface area contributed by atoms with Crippen LogP contribution >= 0.6 is 0 Å². The lowest BCUT2D eigenvalue weighted by Crippen LogP contribution is -2.50. The summed E-state index contributed by atoms with van der Waals surface area (Å²) >= 11 is 0. The number of nitrogens with zero attached hydrogens (tertiary/aromatic N) is 2. The van der Waals surface area contributed by atoms with Gasteiger partial charge < -0.3 is 9.64 Å². The van der Waals surface area contributed by atoms with E-state index in [-0.39, 0.29) is 17.5 Å². The maximum atomic E-state index is 13.7. The van der Waals surface area contributed by atoms with Gasteiger partial charge in [-0.05, 0) is 57.9 Å². The van der Waals surface area contributed by atoms with Gasteiger partial charge in [-0.3, -0.25) is 9.69 Å². The van der Waals surface area contributed by atoms with Gasteiger partial charge in [0.15, 0.2) is 11.6 Å². The van der Waals surface area contributed by atoms with Crippen molar-refractivity contribution in [3.63, 3.8) is 0 Å². The van der Waals surface area contributed by atoms with Gasteiger partial charge in [0, 0.05) is 18.6 Å². The summed E-state index contributed by atoms with van der Waals surface area (Å²) < 4.78 is 18.7. The fourth-order valence-corrected chi connectivity index (χ4v) is 3.40. The smallest absolute Gasteiger partial charge is 0.237 e. The van der Waals surface area contributed by atoms with Crippen LogP contribution < -0.4 is 4.74 Å². The number of methoxy groups -OCH3 is 1. The largest absolute Gasteiger partial charge is 0.494 e. The fraction of sp³-hybridized carbons (Fsp3) is 0.611. The number of ether oxygens (including phenoxy) is 1. The SMILES string of the molecule is COc1ccc(CN(C)CC(=O)N2C(C)CCCC2C)cc1F. The topological polar surface area (TPSA) is 32.8 Å². The standard InChI is InChI=1S/C18H27FN2O2/c1-13-6-5-7-14(2)21(13)18(22)12-20(3)11-15-8-9-17(23-4)16(19)10-15/h8-10,13-14H,5-7,11-12H2,1-4H3. The molecule has 1 saturated heterocycles. The molecule has 0 spiro atoms. The average molecular weight is 322 g/mol. The first-order valence-electron chi connectivity index (χ1n) is 8.24. The molecule has 0 aliphatic carbocycles. The molecule has 2 unspecified atom stereocenters. The van der Waals surface area contributed by atoms with Gasteiger partial charge in [-0.25, -0.2) is 4.39 Å². The normalized spacial score (nSPS) is 21.6.